The van der Waals surface area contributed by atoms with Crippen molar-refractivity contribution in [2.45, 2.75) is 78.6 Å². The van der Waals surface area contributed by atoms with Gasteiger partial charge >= 0.3 is 7.12 Å². The molecule has 2 fully saturated rings. The molecule has 3 aliphatic rings. The van der Waals surface area contributed by atoms with Crippen LogP contribution in [0.2, 0.25) is 6.32 Å². The number of phenolic OH excluding ortho intramolecular Hbond substituents is 1. The van der Waals surface area contributed by atoms with Crippen LogP contribution in [-0.4, -0.2) is 35.2 Å². The van der Waals surface area contributed by atoms with E-state index in [1.807, 2.05) is 80.6 Å². The number of carbonyl (C=O) groups excluding carboxylic acids is 2. The van der Waals surface area contributed by atoms with Crippen LogP contribution in [0.3, 0.4) is 0 Å². The molecule has 0 bridgehead atoms. The molecule has 244 valence electrons. The predicted molar refractivity (Wildman–Crippen MR) is 188 cm³/mol. The summed E-state index contributed by atoms with van der Waals surface area (Å²) in [6, 6.07) is 21.3. The van der Waals surface area contributed by atoms with E-state index in [1.165, 1.54) is 16.0 Å². The lowest BCUT2D eigenvalue weighted by Gasteiger charge is -2.43. The number of anilines is 3. The number of carbonyl (C=O) groups is 2. The van der Waals surface area contributed by atoms with Crippen LogP contribution in [0.5, 0.6) is 5.75 Å². The third kappa shape index (κ3) is 6.67. The number of allylic oxidation sites excluding steroid dienone is 2. The maximum absolute atomic E-state index is 14.2. The Morgan fingerprint density at radius 1 is 0.979 bits per heavy atom. The number of para-hydroxylation sites is 1. The molecule has 3 aromatic carbocycles. The Kier molecular flexibility index (Phi) is 9.71. The Labute approximate surface area is 278 Å². The standard InChI is InChI=1S/C39H45BN2O5/c1-5-10-28-22-32-36(39(45)42(38(32)44)31-16-14-30(15-17-31)41-29-11-8-7-9-12-29)33-23-40(46)47-34(35(28)33)18-13-26(6-2)21-27-19-24(3)37(43)25(4)20-27/h7-9,11-12,14-17,19-21,32-34,36,41,43,46H,5-6,10,13,18,22-23H2,1-4H3/b26-21+/t32-,33+,34-,36-/m1/s1. The molecule has 0 saturated carbocycles. The second kappa shape index (κ2) is 13.9. The smallest absolute Gasteiger partial charge is 0.455 e. The first-order valence-electron chi connectivity index (χ1n) is 17.0. The van der Waals surface area contributed by atoms with Crippen LogP contribution in [0.1, 0.15) is 69.1 Å². The van der Waals surface area contributed by atoms with E-state index >= 15 is 0 Å². The fraction of sp³-hybridized carbons (Fsp3) is 0.385. The first-order chi connectivity index (χ1) is 22.7. The molecule has 0 radical (unpaired) electrons. The molecule has 47 heavy (non-hydrogen) atoms. The number of imide groups is 1. The van der Waals surface area contributed by atoms with Crippen molar-refractivity contribution >= 4 is 42.1 Å². The quantitative estimate of drug-likeness (QED) is 0.119. The number of amides is 2. The molecule has 2 heterocycles. The van der Waals surface area contributed by atoms with Crippen molar-refractivity contribution in [3.63, 3.8) is 0 Å². The number of nitrogens with one attached hydrogen (secondary N) is 1. The number of hydrogen-bond donors (Lipinski definition) is 3. The van der Waals surface area contributed by atoms with Crippen molar-refractivity contribution < 1.29 is 24.4 Å². The maximum atomic E-state index is 14.2. The summed E-state index contributed by atoms with van der Waals surface area (Å²) in [6.07, 6.45) is 6.84. The summed E-state index contributed by atoms with van der Waals surface area (Å²) in [5, 5.41) is 24.6. The van der Waals surface area contributed by atoms with E-state index in [2.05, 4.69) is 25.2 Å². The van der Waals surface area contributed by atoms with E-state index in [4.69, 9.17) is 4.65 Å². The summed E-state index contributed by atoms with van der Waals surface area (Å²) < 4.78 is 6.24. The lowest BCUT2D eigenvalue weighted by Crippen LogP contribution is -2.46. The average molecular weight is 633 g/mol. The number of phenols is 1. The summed E-state index contributed by atoms with van der Waals surface area (Å²) in [7, 11) is -0.993. The minimum absolute atomic E-state index is 0.148. The zero-order valence-electron chi connectivity index (χ0n) is 27.8. The van der Waals surface area contributed by atoms with Gasteiger partial charge in [-0.2, -0.15) is 0 Å². The third-order valence-electron chi connectivity index (χ3n) is 10.1. The van der Waals surface area contributed by atoms with Gasteiger partial charge in [0.2, 0.25) is 11.8 Å². The number of aryl methyl sites for hydroxylation is 2. The molecule has 2 aliphatic heterocycles. The van der Waals surface area contributed by atoms with Gasteiger partial charge in [-0.3, -0.25) is 14.5 Å². The van der Waals surface area contributed by atoms with Gasteiger partial charge in [0.05, 0.1) is 23.6 Å². The van der Waals surface area contributed by atoms with Crippen molar-refractivity contribution in [1.29, 1.82) is 0 Å². The van der Waals surface area contributed by atoms with Gasteiger partial charge in [-0.25, -0.2) is 0 Å². The zero-order valence-corrected chi connectivity index (χ0v) is 27.8. The van der Waals surface area contributed by atoms with E-state index in [1.54, 1.807) is 0 Å². The molecular formula is C39H45BN2O5. The van der Waals surface area contributed by atoms with Crippen molar-refractivity contribution in [3.8, 4) is 5.75 Å². The van der Waals surface area contributed by atoms with Crippen LogP contribution in [0.25, 0.3) is 6.08 Å². The lowest BCUT2D eigenvalue weighted by atomic mass is 9.58. The Morgan fingerprint density at radius 2 is 1.66 bits per heavy atom. The average Bonchev–Trinajstić information content (AvgIpc) is 3.31. The molecule has 2 amide bonds. The lowest BCUT2D eigenvalue weighted by molar-refractivity contribution is -0.122. The molecule has 1 aliphatic carbocycles. The highest BCUT2D eigenvalue weighted by Gasteiger charge is 2.57. The molecule has 6 rings (SSSR count). The van der Waals surface area contributed by atoms with Crippen LogP contribution in [0.15, 0.2) is 83.4 Å². The highest BCUT2D eigenvalue weighted by molar-refractivity contribution is 6.43. The molecule has 0 spiro atoms. The van der Waals surface area contributed by atoms with Gasteiger partial charge in [0.15, 0.2) is 0 Å². The molecule has 7 nitrogen and oxygen atoms in total. The normalized spacial score (nSPS) is 22.9. The van der Waals surface area contributed by atoms with Crippen LogP contribution in [0, 0.1) is 31.6 Å². The first kappa shape index (κ1) is 32.8. The largest absolute Gasteiger partial charge is 0.507 e. The maximum Gasteiger partial charge on any atom is 0.455 e. The van der Waals surface area contributed by atoms with Crippen molar-refractivity contribution in [3.05, 3.63) is 100 Å². The van der Waals surface area contributed by atoms with E-state index in [0.717, 1.165) is 59.3 Å². The highest BCUT2D eigenvalue weighted by Crippen LogP contribution is 2.52. The number of benzene rings is 3. The van der Waals surface area contributed by atoms with E-state index in [0.29, 0.717) is 30.6 Å². The number of aromatic hydroxyl groups is 1. The minimum Gasteiger partial charge on any atom is -0.507 e. The van der Waals surface area contributed by atoms with Gasteiger partial charge in [0, 0.05) is 11.4 Å². The number of hydrogen-bond acceptors (Lipinski definition) is 6. The Morgan fingerprint density at radius 3 is 2.32 bits per heavy atom. The summed E-state index contributed by atoms with van der Waals surface area (Å²) in [6.45, 7) is 8.10. The monoisotopic (exact) mass is 632 g/mol. The van der Waals surface area contributed by atoms with Crippen LogP contribution in [-0.2, 0) is 14.2 Å². The number of fused-ring (bicyclic) bond motifs is 3. The molecule has 4 atom stereocenters. The van der Waals surface area contributed by atoms with E-state index < -0.39 is 19.0 Å². The molecule has 3 N–H and O–H groups in total. The fourth-order valence-corrected chi connectivity index (χ4v) is 7.91. The van der Waals surface area contributed by atoms with Crippen molar-refractivity contribution in [1.82, 2.24) is 0 Å². The zero-order chi connectivity index (χ0) is 33.2. The fourth-order valence-electron chi connectivity index (χ4n) is 7.91. The molecular weight excluding hydrogens is 587 g/mol. The van der Waals surface area contributed by atoms with Gasteiger partial charge in [0.1, 0.15) is 5.75 Å². The Hall–Kier alpha value is -4.14. The molecule has 2 saturated heterocycles. The van der Waals surface area contributed by atoms with Gasteiger partial charge in [-0.05, 0) is 129 Å². The second-order valence-corrected chi connectivity index (χ2v) is 13.3. The second-order valence-electron chi connectivity index (χ2n) is 13.3. The predicted octanol–water partition coefficient (Wildman–Crippen LogP) is 8.13. The molecule has 3 aromatic rings. The first-order valence-corrected chi connectivity index (χ1v) is 17.0. The Balaban J connectivity index is 1.24. The third-order valence-corrected chi connectivity index (χ3v) is 10.1. The summed E-state index contributed by atoms with van der Waals surface area (Å²) in [5.41, 5.74) is 8.77. The van der Waals surface area contributed by atoms with Crippen molar-refractivity contribution in [2.75, 3.05) is 10.2 Å². The minimum atomic E-state index is -0.993. The molecule has 8 heteroatoms. The van der Waals surface area contributed by atoms with Gasteiger partial charge in [0.25, 0.3) is 0 Å². The van der Waals surface area contributed by atoms with Crippen LogP contribution >= 0.6 is 0 Å². The van der Waals surface area contributed by atoms with E-state index in [-0.39, 0.29) is 23.8 Å². The van der Waals surface area contributed by atoms with Gasteiger partial charge < -0.3 is 20.1 Å². The Bertz CT molecular complexity index is 1680. The van der Waals surface area contributed by atoms with E-state index in [9.17, 15) is 19.7 Å². The highest BCUT2D eigenvalue weighted by atomic mass is 16.5. The summed E-state index contributed by atoms with van der Waals surface area (Å²) in [5.74, 6) is -1.17. The number of rotatable bonds is 10. The SMILES string of the molecule is CCCC1=C2[C@@H](CC/C(=C/c3cc(C)c(O)c(C)c3)CC)OB(O)C[C@@H]2[C@@H]2C(=O)N(c3ccc(Nc4ccccc4)cc3)C(=O)[C@@H]2C1. The van der Waals surface area contributed by atoms with Gasteiger partial charge in [-0.1, -0.05) is 55.7 Å². The van der Waals surface area contributed by atoms with Crippen LogP contribution in [0.4, 0.5) is 17.1 Å². The summed E-state index contributed by atoms with van der Waals surface area (Å²) >= 11 is 0. The van der Waals surface area contributed by atoms with Crippen molar-refractivity contribution in [2.24, 2.45) is 17.8 Å². The van der Waals surface area contributed by atoms with Crippen LogP contribution < -0.4 is 10.2 Å². The summed E-state index contributed by atoms with van der Waals surface area (Å²) in [4.78, 5) is 29.5. The van der Waals surface area contributed by atoms with Gasteiger partial charge in [-0.15, -0.1) is 0 Å². The molecule has 0 aromatic heterocycles. The molecule has 0 unspecified atom stereocenters. The number of nitrogens with zero attached hydrogens (tertiary/aromatic N) is 1. The topological polar surface area (TPSA) is 99.1 Å².